The molecule has 2 aromatic carbocycles. The van der Waals surface area contributed by atoms with E-state index in [4.69, 9.17) is 4.74 Å². The fraction of sp³-hybridized carbons (Fsp3) is 0.125. The monoisotopic (exact) mass is 409 g/mol. The van der Waals surface area contributed by atoms with Crippen LogP contribution in [0.3, 0.4) is 0 Å². The van der Waals surface area contributed by atoms with Gasteiger partial charge in [0.1, 0.15) is 11.5 Å². The second kappa shape index (κ2) is 6.37. The topological polar surface area (TPSA) is 80.8 Å². The van der Waals surface area contributed by atoms with E-state index in [1.165, 1.54) is 12.1 Å². The number of carbonyl (C=O) groups excluding carboxylic acids is 2. The fourth-order valence-corrected chi connectivity index (χ4v) is 4.32. The molecule has 0 fully saturated rings. The van der Waals surface area contributed by atoms with Crippen LogP contribution in [-0.2, 0) is 14.8 Å². The van der Waals surface area contributed by atoms with Crippen molar-refractivity contribution in [2.75, 3.05) is 13.2 Å². The maximum Gasteiger partial charge on any atom is 0.338 e. The van der Waals surface area contributed by atoms with Crippen molar-refractivity contribution in [2.45, 2.75) is 4.90 Å². The molecular weight excluding hydrogens is 398 g/mol. The van der Waals surface area contributed by atoms with Gasteiger partial charge in [0.15, 0.2) is 0 Å². The van der Waals surface area contributed by atoms with E-state index in [-0.39, 0.29) is 23.6 Å². The highest BCUT2D eigenvalue weighted by molar-refractivity contribution is 9.10. The zero-order valence-corrected chi connectivity index (χ0v) is 14.7. The van der Waals surface area contributed by atoms with Crippen LogP contribution in [0.15, 0.2) is 57.9 Å². The Morgan fingerprint density at radius 3 is 2.58 bits per heavy atom. The van der Waals surface area contributed by atoms with Crippen molar-refractivity contribution >= 4 is 37.8 Å². The largest absolute Gasteiger partial charge is 0.460 e. The third-order valence-electron chi connectivity index (χ3n) is 3.50. The Kier molecular flexibility index (Phi) is 4.42. The number of amides is 1. The Morgan fingerprint density at radius 1 is 1.12 bits per heavy atom. The molecule has 124 valence electrons. The minimum Gasteiger partial charge on any atom is -0.460 e. The maximum atomic E-state index is 12.3. The van der Waals surface area contributed by atoms with Gasteiger partial charge in [0, 0.05) is 4.47 Å². The van der Waals surface area contributed by atoms with Crippen molar-refractivity contribution in [1.29, 1.82) is 0 Å². The Labute approximate surface area is 147 Å². The van der Waals surface area contributed by atoms with Gasteiger partial charge in [-0.05, 0) is 30.3 Å². The highest BCUT2D eigenvalue weighted by Crippen LogP contribution is 2.29. The van der Waals surface area contributed by atoms with Crippen LogP contribution < -0.4 is 0 Å². The van der Waals surface area contributed by atoms with Gasteiger partial charge in [0.05, 0.1) is 17.7 Å². The van der Waals surface area contributed by atoms with Crippen LogP contribution in [0.1, 0.15) is 20.7 Å². The number of carbonyl (C=O) groups is 2. The van der Waals surface area contributed by atoms with E-state index in [2.05, 4.69) is 15.9 Å². The van der Waals surface area contributed by atoms with Gasteiger partial charge in [-0.3, -0.25) is 4.79 Å². The number of hydrogen-bond donors (Lipinski definition) is 0. The summed E-state index contributed by atoms with van der Waals surface area (Å²) in [5, 5.41) is 0. The standard InChI is InChI=1S/C16H12BrNO5S/c17-12-5-3-4-11(10-12)16(20)23-9-8-18-15(19)13-6-1-2-7-14(13)24(18,21)22/h1-7,10H,8-9H2. The minimum absolute atomic E-state index is 0.0201. The minimum atomic E-state index is -3.88. The van der Waals surface area contributed by atoms with Crippen molar-refractivity contribution in [3.05, 3.63) is 64.1 Å². The summed E-state index contributed by atoms with van der Waals surface area (Å²) in [4.78, 5) is 24.1. The summed E-state index contributed by atoms with van der Waals surface area (Å²) < 4.78 is 31.2. The highest BCUT2D eigenvalue weighted by Gasteiger charge is 2.40. The first-order chi connectivity index (χ1) is 11.4. The van der Waals surface area contributed by atoms with E-state index in [0.717, 1.165) is 8.78 Å². The SMILES string of the molecule is O=C(OCCN1C(=O)c2ccccc2S1(=O)=O)c1cccc(Br)c1. The second-order valence-electron chi connectivity index (χ2n) is 5.02. The molecule has 1 heterocycles. The van der Waals surface area contributed by atoms with Crippen LogP contribution in [0.25, 0.3) is 0 Å². The average molecular weight is 410 g/mol. The van der Waals surface area contributed by atoms with Crippen molar-refractivity contribution in [3.8, 4) is 0 Å². The highest BCUT2D eigenvalue weighted by atomic mass is 79.9. The van der Waals surface area contributed by atoms with Gasteiger partial charge in [-0.25, -0.2) is 17.5 Å². The maximum absolute atomic E-state index is 12.3. The lowest BCUT2D eigenvalue weighted by Crippen LogP contribution is -2.33. The molecule has 0 aromatic heterocycles. The number of ether oxygens (including phenoxy) is 1. The van der Waals surface area contributed by atoms with Crippen LogP contribution in [0.5, 0.6) is 0 Å². The summed E-state index contributed by atoms with van der Waals surface area (Å²) >= 11 is 3.25. The number of nitrogens with zero attached hydrogens (tertiary/aromatic N) is 1. The van der Waals surface area contributed by atoms with Crippen molar-refractivity contribution < 1.29 is 22.7 Å². The number of benzene rings is 2. The lowest BCUT2D eigenvalue weighted by molar-refractivity contribution is 0.0477. The summed E-state index contributed by atoms with van der Waals surface area (Å²) in [7, 11) is -3.88. The zero-order valence-electron chi connectivity index (χ0n) is 12.3. The van der Waals surface area contributed by atoms with E-state index < -0.39 is 21.9 Å². The molecule has 1 amide bonds. The quantitative estimate of drug-likeness (QED) is 0.724. The lowest BCUT2D eigenvalue weighted by Gasteiger charge is -2.15. The Bertz CT molecular complexity index is 926. The summed E-state index contributed by atoms with van der Waals surface area (Å²) in [6.45, 7) is -0.445. The molecule has 0 spiro atoms. The first kappa shape index (κ1) is 16.7. The van der Waals surface area contributed by atoms with Gasteiger partial charge in [-0.15, -0.1) is 0 Å². The Morgan fingerprint density at radius 2 is 1.88 bits per heavy atom. The number of rotatable bonds is 4. The van der Waals surface area contributed by atoms with Gasteiger partial charge < -0.3 is 4.74 Å². The van der Waals surface area contributed by atoms with E-state index in [1.54, 1.807) is 36.4 Å². The molecule has 0 radical (unpaired) electrons. The van der Waals surface area contributed by atoms with Crippen molar-refractivity contribution in [3.63, 3.8) is 0 Å². The van der Waals surface area contributed by atoms with E-state index in [0.29, 0.717) is 5.56 Å². The molecule has 0 N–H and O–H groups in total. The fourth-order valence-electron chi connectivity index (χ4n) is 2.37. The third-order valence-corrected chi connectivity index (χ3v) is 5.83. The molecule has 3 rings (SSSR count). The molecule has 8 heteroatoms. The molecule has 0 saturated carbocycles. The molecule has 0 atom stereocenters. The third kappa shape index (κ3) is 2.94. The number of esters is 1. The van der Waals surface area contributed by atoms with Gasteiger partial charge in [-0.1, -0.05) is 34.1 Å². The second-order valence-corrected chi connectivity index (χ2v) is 7.77. The summed E-state index contributed by atoms with van der Waals surface area (Å²) in [6.07, 6.45) is 0. The number of sulfonamides is 1. The van der Waals surface area contributed by atoms with Crippen LogP contribution in [0, 0.1) is 0 Å². The molecule has 24 heavy (non-hydrogen) atoms. The average Bonchev–Trinajstić information content (AvgIpc) is 2.76. The number of fused-ring (bicyclic) bond motifs is 1. The van der Waals surface area contributed by atoms with Crippen molar-refractivity contribution in [2.24, 2.45) is 0 Å². The molecular formula is C16H12BrNO5S. The molecule has 0 saturated heterocycles. The number of halogens is 1. The van der Waals surface area contributed by atoms with Crippen molar-refractivity contribution in [1.82, 2.24) is 4.31 Å². The molecule has 1 aliphatic heterocycles. The first-order valence-electron chi connectivity index (χ1n) is 7.00. The predicted octanol–water partition coefficient (Wildman–Crippen LogP) is 2.45. The summed E-state index contributed by atoms with van der Waals surface area (Å²) in [5.74, 6) is -1.19. The molecule has 1 aliphatic rings. The predicted molar refractivity (Wildman–Crippen MR) is 89.1 cm³/mol. The number of hydrogen-bond acceptors (Lipinski definition) is 5. The Balaban J connectivity index is 1.68. The van der Waals surface area contributed by atoms with E-state index in [1.807, 2.05) is 0 Å². The lowest BCUT2D eigenvalue weighted by atomic mass is 10.2. The molecule has 2 aromatic rings. The molecule has 0 aliphatic carbocycles. The van der Waals surface area contributed by atoms with Gasteiger partial charge in [0.2, 0.25) is 0 Å². The smallest absolute Gasteiger partial charge is 0.338 e. The van der Waals surface area contributed by atoms with Gasteiger partial charge in [-0.2, -0.15) is 0 Å². The normalized spacial score (nSPS) is 15.2. The Hall–Kier alpha value is -2.19. The summed E-state index contributed by atoms with van der Waals surface area (Å²) in [6, 6.07) is 12.6. The molecule has 6 nitrogen and oxygen atoms in total. The molecule has 0 bridgehead atoms. The van der Waals surface area contributed by atoms with Crippen LogP contribution in [0.4, 0.5) is 0 Å². The van der Waals surface area contributed by atoms with Crippen LogP contribution in [0.2, 0.25) is 0 Å². The zero-order chi connectivity index (χ0) is 17.3. The van der Waals surface area contributed by atoms with Crippen LogP contribution >= 0.6 is 15.9 Å². The first-order valence-corrected chi connectivity index (χ1v) is 9.23. The van der Waals surface area contributed by atoms with E-state index >= 15 is 0 Å². The summed E-state index contributed by atoms with van der Waals surface area (Å²) in [5.41, 5.74) is 0.471. The van der Waals surface area contributed by atoms with Gasteiger partial charge >= 0.3 is 5.97 Å². The van der Waals surface area contributed by atoms with E-state index in [9.17, 15) is 18.0 Å². The van der Waals surface area contributed by atoms with Crippen LogP contribution in [-0.4, -0.2) is 37.8 Å². The van der Waals surface area contributed by atoms with Gasteiger partial charge in [0.25, 0.3) is 15.9 Å². The molecule has 0 unspecified atom stereocenters.